The van der Waals surface area contributed by atoms with Crippen LogP contribution in [0.1, 0.15) is 25.3 Å². The molecule has 0 heterocycles. The minimum absolute atomic E-state index is 0.0456. The van der Waals surface area contributed by atoms with E-state index in [4.69, 9.17) is 0 Å². The molecule has 0 fully saturated rings. The van der Waals surface area contributed by atoms with Crippen LogP contribution in [0.15, 0.2) is 42.5 Å². The average molecular weight is 203 g/mol. The Hall–Kier alpha value is -1.57. The van der Waals surface area contributed by atoms with E-state index in [1.807, 2.05) is 44.2 Å². The second-order valence-corrected chi connectivity index (χ2v) is 3.81. The van der Waals surface area contributed by atoms with Crippen molar-refractivity contribution in [3.63, 3.8) is 0 Å². The largest absolute Gasteiger partial charge is 0.352 e. The molecule has 2 heteroatoms. The van der Waals surface area contributed by atoms with Crippen molar-refractivity contribution in [1.29, 1.82) is 0 Å². The molecular formula is C13H17NO. The van der Waals surface area contributed by atoms with Crippen LogP contribution in [0, 0.1) is 0 Å². The highest BCUT2D eigenvalue weighted by Gasteiger charge is 2.13. The van der Waals surface area contributed by atoms with E-state index in [0.717, 1.165) is 11.1 Å². The van der Waals surface area contributed by atoms with Gasteiger partial charge in [0.25, 0.3) is 0 Å². The molecule has 0 aromatic heterocycles. The molecule has 0 spiro atoms. The molecule has 15 heavy (non-hydrogen) atoms. The van der Waals surface area contributed by atoms with Crippen molar-refractivity contribution in [1.82, 2.24) is 5.32 Å². The van der Waals surface area contributed by atoms with Crippen LogP contribution in [0.2, 0.25) is 0 Å². The Morgan fingerprint density at radius 2 is 2.00 bits per heavy atom. The van der Waals surface area contributed by atoms with E-state index in [2.05, 4.69) is 11.9 Å². The summed E-state index contributed by atoms with van der Waals surface area (Å²) in [6, 6.07) is 9.76. The van der Waals surface area contributed by atoms with Gasteiger partial charge in [0.15, 0.2) is 0 Å². The van der Waals surface area contributed by atoms with Gasteiger partial charge in [-0.3, -0.25) is 4.79 Å². The summed E-state index contributed by atoms with van der Waals surface area (Å²) in [6.45, 7) is 8.10. The number of hydrogen-bond acceptors (Lipinski definition) is 1. The minimum atomic E-state index is -0.106. The number of rotatable bonds is 4. The molecule has 0 bridgehead atoms. The van der Waals surface area contributed by atoms with Crippen molar-refractivity contribution in [3.8, 4) is 0 Å². The third-order valence-corrected chi connectivity index (χ3v) is 2.26. The second kappa shape index (κ2) is 5.35. The molecule has 0 aliphatic rings. The van der Waals surface area contributed by atoms with Gasteiger partial charge in [-0.1, -0.05) is 42.5 Å². The van der Waals surface area contributed by atoms with Gasteiger partial charge in [-0.2, -0.15) is 0 Å². The molecule has 1 aromatic carbocycles. The summed E-state index contributed by atoms with van der Waals surface area (Å²) in [7, 11) is 0. The van der Waals surface area contributed by atoms with E-state index in [1.165, 1.54) is 0 Å². The van der Waals surface area contributed by atoms with Crippen molar-refractivity contribution >= 4 is 5.91 Å². The molecule has 0 saturated carbocycles. The summed E-state index contributed by atoms with van der Waals surface area (Å²) in [4.78, 5) is 11.7. The van der Waals surface area contributed by atoms with Crippen LogP contribution in [0.5, 0.6) is 0 Å². The standard InChI is InChI=1S/C13H17NO/c1-10(2)9-14-13(15)11(3)12-7-5-4-6-8-12/h4-8,11H,1,9H2,2-3H3,(H,14,15). The summed E-state index contributed by atoms with van der Waals surface area (Å²) in [5, 5.41) is 2.84. The van der Waals surface area contributed by atoms with Crippen LogP contribution in [0.3, 0.4) is 0 Å². The number of carbonyl (C=O) groups is 1. The molecule has 80 valence electrons. The zero-order valence-corrected chi connectivity index (χ0v) is 9.29. The SMILES string of the molecule is C=C(C)CNC(=O)C(C)c1ccccc1. The molecule has 0 radical (unpaired) electrons. The molecule has 1 rings (SSSR count). The predicted molar refractivity (Wildman–Crippen MR) is 62.7 cm³/mol. The van der Waals surface area contributed by atoms with Gasteiger partial charge in [0, 0.05) is 6.54 Å². The van der Waals surface area contributed by atoms with Gasteiger partial charge in [-0.15, -0.1) is 0 Å². The second-order valence-electron chi connectivity index (χ2n) is 3.81. The average Bonchev–Trinajstić information content (AvgIpc) is 2.26. The van der Waals surface area contributed by atoms with Gasteiger partial charge in [-0.25, -0.2) is 0 Å². The first-order chi connectivity index (χ1) is 7.11. The smallest absolute Gasteiger partial charge is 0.227 e. The van der Waals surface area contributed by atoms with Gasteiger partial charge < -0.3 is 5.32 Å². The highest BCUT2D eigenvalue weighted by atomic mass is 16.1. The lowest BCUT2D eigenvalue weighted by Crippen LogP contribution is -2.29. The predicted octanol–water partition coefficient (Wildman–Crippen LogP) is 2.48. The summed E-state index contributed by atoms with van der Waals surface area (Å²) in [5.41, 5.74) is 2.00. The fraction of sp³-hybridized carbons (Fsp3) is 0.308. The van der Waals surface area contributed by atoms with Crippen LogP contribution >= 0.6 is 0 Å². The van der Waals surface area contributed by atoms with E-state index in [1.54, 1.807) is 0 Å². The van der Waals surface area contributed by atoms with Gasteiger partial charge in [0.05, 0.1) is 5.92 Å². The maximum Gasteiger partial charge on any atom is 0.227 e. The van der Waals surface area contributed by atoms with Gasteiger partial charge in [0.1, 0.15) is 0 Å². The van der Waals surface area contributed by atoms with Crippen molar-refractivity contribution in [2.45, 2.75) is 19.8 Å². The van der Waals surface area contributed by atoms with E-state index < -0.39 is 0 Å². The Balaban J connectivity index is 2.57. The van der Waals surface area contributed by atoms with E-state index >= 15 is 0 Å². The molecule has 1 amide bonds. The monoisotopic (exact) mass is 203 g/mol. The Kier molecular flexibility index (Phi) is 4.10. The third kappa shape index (κ3) is 3.58. The first-order valence-corrected chi connectivity index (χ1v) is 5.08. The third-order valence-electron chi connectivity index (χ3n) is 2.26. The van der Waals surface area contributed by atoms with Gasteiger partial charge in [-0.05, 0) is 19.4 Å². The lowest BCUT2D eigenvalue weighted by Gasteiger charge is -2.12. The molecule has 1 atom stereocenters. The minimum Gasteiger partial charge on any atom is -0.352 e. The Morgan fingerprint density at radius 3 is 2.53 bits per heavy atom. The zero-order chi connectivity index (χ0) is 11.3. The van der Waals surface area contributed by atoms with Crippen molar-refractivity contribution in [2.24, 2.45) is 0 Å². The number of amides is 1. The molecular weight excluding hydrogens is 186 g/mol. The molecule has 1 N–H and O–H groups in total. The Labute approximate surface area is 91.0 Å². The van der Waals surface area contributed by atoms with Gasteiger partial charge >= 0.3 is 0 Å². The first-order valence-electron chi connectivity index (χ1n) is 5.08. The zero-order valence-electron chi connectivity index (χ0n) is 9.29. The summed E-state index contributed by atoms with van der Waals surface area (Å²) in [5.74, 6) is -0.0604. The Morgan fingerprint density at radius 1 is 1.40 bits per heavy atom. The molecule has 2 nitrogen and oxygen atoms in total. The van der Waals surface area contributed by atoms with E-state index in [9.17, 15) is 4.79 Å². The van der Waals surface area contributed by atoms with Crippen LogP contribution in [-0.2, 0) is 4.79 Å². The Bertz CT molecular complexity index is 343. The molecule has 0 aliphatic carbocycles. The highest BCUT2D eigenvalue weighted by Crippen LogP contribution is 2.14. The van der Waals surface area contributed by atoms with Crippen LogP contribution in [0.4, 0.5) is 0 Å². The number of benzene rings is 1. The number of nitrogens with one attached hydrogen (secondary N) is 1. The van der Waals surface area contributed by atoms with Gasteiger partial charge in [0.2, 0.25) is 5.91 Å². The van der Waals surface area contributed by atoms with Crippen molar-refractivity contribution < 1.29 is 4.79 Å². The van der Waals surface area contributed by atoms with Crippen molar-refractivity contribution in [2.75, 3.05) is 6.54 Å². The quantitative estimate of drug-likeness (QED) is 0.748. The molecule has 1 unspecified atom stereocenters. The van der Waals surface area contributed by atoms with Crippen molar-refractivity contribution in [3.05, 3.63) is 48.0 Å². The highest BCUT2D eigenvalue weighted by molar-refractivity contribution is 5.83. The molecule has 0 aliphatic heterocycles. The fourth-order valence-electron chi connectivity index (χ4n) is 1.28. The maximum absolute atomic E-state index is 11.7. The number of carbonyl (C=O) groups excluding carboxylic acids is 1. The number of hydrogen-bond donors (Lipinski definition) is 1. The van der Waals surface area contributed by atoms with Crippen LogP contribution < -0.4 is 5.32 Å². The van der Waals surface area contributed by atoms with E-state index in [0.29, 0.717) is 6.54 Å². The van der Waals surface area contributed by atoms with E-state index in [-0.39, 0.29) is 11.8 Å². The normalized spacial score (nSPS) is 11.9. The summed E-state index contributed by atoms with van der Waals surface area (Å²) < 4.78 is 0. The summed E-state index contributed by atoms with van der Waals surface area (Å²) >= 11 is 0. The van der Waals surface area contributed by atoms with Crippen LogP contribution in [-0.4, -0.2) is 12.5 Å². The summed E-state index contributed by atoms with van der Waals surface area (Å²) in [6.07, 6.45) is 0. The molecule has 1 aromatic rings. The fourth-order valence-corrected chi connectivity index (χ4v) is 1.28. The topological polar surface area (TPSA) is 29.1 Å². The first kappa shape index (κ1) is 11.5. The maximum atomic E-state index is 11.7. The lowest BCUT2D eigenvalue weighted by atomic mass is 10.0. The lowest BCUT2D eigenvalue weighted by molar-refractivity contribution is -0.122. The van der Waals surface area contributed by atoms with Crippen LogP contribution in [0.25, 0.3) is 0 Å². The molecule has 0 saturated heterocycles.